The van der Waals surface area contributed by atoms with Crippen LogP contribution in [0.15, 0.2) is 58.4 Å². The molecule has 2 aromatic rings. The van der Waals surface area contributed by atoms with E-state index in [2.05, 4.69) is 32.9 Å². The molecule has 1 aliphatic rings. The molecule has 0 radical (unpaired) electrons. The number of nitro benzene ring substituents is 1. The third-order valence-electron chi connectivity index (χ3n) is 3.11. The van der Waals surface area contributed by atoms with E-state index in [1.54, 1.807) is 18.2 Å². The Morgan fingerprint density at radius 2 is 1.79 bits per heavy atom. The molecular weight excluding hydrogens is 441 g/mol. The minimum absolute atomic E-state index is 0.0154. The normalized spacial score (nSPS) is 17.3. The monoisotopic (exact) mass is 451 g/mol. The molecule has 1 heterocycles. The molecule has 3 rings (SSSR count). The summed E-state index contributed by atoms with van der Waals surface area (Å²) < 4.78 is 1.11. The number of carbonyl (C=O) groups excluding carboxylic acids is 1. The summed E-state index contributed by atoms with van der Waals surface area (Å²) in [6, 6.07) is 13.7. The Labute approximate surface area is 155 Å². The van der Waals surface area contributed by atoms with Crippen molar-refractivity contribution in [2.75, 3.05) is 0 Å². The number of aliphatic imine (C=N–C) groups is 1. The molecule has 6 nitrogen and oxygen atoms in total. The van der Waals surface area contributed by atoms with Gasteiger partial charge in [-0.15, -0.1) is 0 Å². The standard InChI is InChI=1S/C16H10IN3O3S/c17-11-3-5-12(6-4-11)18-16-19-15(21)14(24-16)9-10-1-7-13(8-2-10)20(22)23/h1-9H,(H,18,19,21)/b14-9+. The third kappa shape index (κ3) is 4.01. The molecular formula is C16H10IN3O3S. The molecule has 0 unspecified atom stereocenters. The number of hydrogen-bond acceptors (Lipinski definition) is 5. The Kier molecular flexibility index (Phi) is 4.95. The summed E-state index contributed by atoms with van der Waals surface area (Å²) in [6.45, 7) is 0. The quantitative estimate of drug-likeness (QED) is 0.330. The van der Waals surface area contributed by atoms with Gasteiger partial charge in [-0.2, -0.15) is 0 Å². The van der Waals surface area contributed by atoms with Crippen LogP contribution in [0.25, 0.3) is 6.08 Å². The molecule has 1 fully saturated rings. The lowest BCUT2D eigenvalue weighted by Crippen LogP contribution is -2.19. The van der Waals surface area contributed by atoms with Crippen LogP contribution in [0.4, 0.5) is 11.4 Å². The van der Waals surface area contributed by atoms with Gasteiger partial charge in [0.05, 0.1) is 15.5 Å². The van der Waals surface area contributed by atoms with Crippen molar-refractivity contribution in [3.63, 3.8) is 0 Å². The molecule has 8 heteroatoms. The maximum Gasteiger partial charge on any atom is 0.269 e. The summed E-state index contributed by atoms with van der Waals surface area (Å²) in [5.41, 5.74) is 1.49. The Balaban J connectivity index is 1.79. The Morgan fingerprint density at radius 1 is 1.12 bits per heavy atom. The van der Waals surface area contributed by atoms with E-state index in [9.17, 15) is 14.9 Å². The highest BCUT2D eigenvalue weighted by atomic mass is 127. The number of benzene rings is 2. The van der Waals surface area contributed by atoms with E-state index < -0.39 is 4.92 Å². The number of amides is 1. The van der Waals surface area contributed by atoms with Crippen molar-refractivity contribution in [2.24, 2.45) is 4.99 Å². The minimum atomic E-state index is -0.459. The van der Waals surface area contributed by atoms with E-state index in [0.717, 1.165) is 9.26 Å². The van der Waals surface area contributed by atoms with Crippen LogP contribution >= 0.6 is 34.4 Å². The zero-order chi connectivity index (χ0) is 17.1. The van der Waals surface area contributed by atoms with E-state index in [0.29, 0.717) is 15.6 Å². The number of nitrogens with zero attached hydrogens (tertiary/aromatic N) is 2. The fourth-order valence-corrected chi connectivity index (χ4v) is 3.16. The van der Waals surface area contributed by atoms with Gasteiger partial charge in [-0.25, -0.2) is 4.99 Å². The second-order valence-corrected chi connectivity index (χ2v) is 7.08. The first-order valence-electron chi connectivity index (χ1n) is 6.81. The number of carbonyl (C=O) groups is 1. The van der Waals surface area contributed by atoms with Crippen LogP contribution in [-0.2, 0) is 4.79 Å². The fourth-order valence-electron chi connectivity index (χ4n) is 1.96. The van der Waals surface area contributed by atoms with Gasteiger partial charge < -0.3 is 5.32 Å². The van der Waals surface area contributed by atoms with Crippen molar-refractivity contribution < 1.29 is 9.72 Å². The Hall–Kier alpha value is -2.20. The predicted octanol–water partition coefficient (Wildman–Crippen LogP) is 4.09. The van der Waals surface area contributed by atoms with Gasteiger partial charge in [0.2, 0.25) is 0 Å². The summed E-state index contributed by atoms with van der Waals surface area (Å²) in [6.07, 6.45) is 1.68. The number of nitro groups is 1. The molecule has 0 saturated carbocycles. The highest BCUT2D eigenvalue weighted by molar-refractivity contribution is 14.1. The van der Waals surface area contributed by atoms with Crippen LogP contribution in [0.3, 0.4) is 0 Å². The second-order valence-electron chi connectivity index (χ2n) is 4.81. The molecule has 120 valence electrons. The van der Waals surface area contributed by atoms with E-state index in [4.69, 9.17) is 0 Å². The Morgan fingerprint density at radius 3 is 2.42 bits per heavy atom. The summed E-state index contributed by atoms with van der Waals surface area (Å²) in [5, 5.41) is 13.9. The molecule has 0 aliphatic carbocycles. The summed E-state index contributed by atoms with van der Waals surface area (Å²) in [5.74, 6) is -0.234. The van der Waals surface area contributed by atoms with Crippen molar-refractivity contribution in [1.29, 1.82) is 0 Å². The summed E-state index contributed by atoms with van der Waals surface area (Å²) >= 11 is 3.45. The zero-order valence-electron chi connectivity index (χ0n) is 12.1. The van der Waals surface area contributed by atoms with Crippen LogP contribution < -0.4 is 5.32 Å². The van der Waals surface area contributed by atoms with E-state index >= 15 is 0 Å². The van der Waals surface area contributed by atoms with E-state index in [1.165, 1.54) is 23.9 Å². The number of halogens is 1. The number of thioether (sulfide) groups is 1. The molecule has 1 saturated heterocycles. The van der Waals surface area contributed by atoms with Crippen molar-refractivity contribution in [2.45, 2.75) is 0 Å². The maximum atomic E-state index is 12.0. The topological polar surface area (TPSA) is 84.6 Å². The van der Waals surface area contributed by atoms with Crippen molar-refractivity contribution in [3.05, 3.63) is 72.7 Å². The SMILES string of the molecule is O=C1NC(=Nc2ccc(I)cc2)S/C1=C/c1ccc([N+](=O)[O-])cc1. The first kappa shape index (κ1) is 16.7. The Bertz CT molecular complexity index is 861. The van der Waals surface area contributed by atoms with Crippen LogP contribution in [-0.4, -0.2) is 16.0 Å². The van der Waals surface area contributed by atoms with Gasteiger partial charge >= 0.3 is 0 Å². The van der Waals surface area contributed by atoms with Crippen LogP contribution in [0.5, 0.6) is 0 Å². The lowest BCUT2D eigenvalue weighted by molar-refractivity contribution is -0.384. The lowest BCUT2D eigenvalue weighted by Gasteiger charge is -1.96. The van der Waals surface area contributed by atoms with Gasteiger partial charge in [-0.3, -0.25) is 14.9 Å². The fraction of sp³-hybridized carbons (Fsp3) is 0. The number of rotatable bonds is 3. The molecule has 0 bridgehead atoms. The van der Waals surface area contributed by atoms with Crippen molar-refractivity contribution in [3.8, 4) is 0 Å². The third-order valence-corrected chi connectivity index (χ3v) is 4.74. The van der Waals surface area contributed by atoms with Gasteiger partial charge in [-0.05, 0) is 82.4 Å². The second kappa shape index (κ2) is 7.14. The highest BCUT2D eigenvalue weighted by Crippen LogP contribution is 2.28. The van der Waals surface area contributed by atoms with Crippen LogP contribution in [0, 0.1) is 13.7 Å². The first-order valence-corrected chi connectivity index (χ1v) is 8.70. The maximum absolute atomic E-state index is 12.0. The largest absolute Gasteiger partial charge is 0.300 e. The molecule has 24 heavy (non-hydrogen) atoms. The molecule has 1 aliphatic heterocycles. The molecule has 0 aromatic heterocycles. The average Bonchev–Trinajstić information content (AvgIpc) is 2.89. The van der Waals surface area contributed by atoms with E-state index in [1.807, 2.05) is 24.3 Å². The number of non-ortho nitro benzene ring substituents is 1. The lowest BCUT2D eigenvalue weighted by atomic mass is 10.2. The molecule has 2 aromatic carbocycles. The van der Waals surface area contributed by atoms with Gasteiger partial charge in [0.25, 0.3) is 11.6 Å². The number of nitrogens with one attached hydrogen (secondary N) is 1. The molecule has 0 spiro atoms. The van der Waals surface area contributed by atoms with Gasteiger partial charge in [0, 0.05) is 15.7 Å². The van der Waals surface area contributed by atoms with Gasteiger partial charge in [0.1, 0.15) is 0 Å². The molecule has 0 atom stereocenters. The summed E-state index contributed by atoms with van der Waals surface area (Å²) in [7, 11) is 0. The van der Waals surface area contributed by atoms with E-state index in [-0.39, 0.29) is 11.6 Å². The molecule has 1 amide bonds. The highest BCUT2D eigenvalue weighted by Gasteiger charge is 2.23. The van der Waals surface area contributed by atoms with Crippen LogP contribution in [0.1, 0.15) is 5.56 Å². The van der Waals surface area contributed by atoms with Crippen LogP contribution in [0.2, 0.25) is 0 Å². The van der Waals surface area contributed by atoms with Crippen molar-refractivity contribution in [1.82, 2.24) is 5.32 Å². The van der Waals surface area contributed by atoms with Crippen molar-refractivity contribution >= 4 is 62.9 Å². The van der Waals surface area contributed by atoms with Gasteiger partial charge in [0.15, 0.2) is 5.17 Å². The van der Waals surface area contributed by atoms with Gasteiger partial charge in [-0.1, -0.05) is 0 Å². The molecule has 1 N–H and O–H groups in total. The average molecular weight is 451 g/mol. The smallest absolute Gasteiger partial charge is 0.269 e. The zero-order valence-corrected chi connectivity index (χ0v) is 15.1. The predicted molar refractivity (Wildman–Crippen MR) is 103 cm³/mol. The first-order chi connectivity index (χ1) is 11.5. The summed E-state index contributed by atoms with van der Waals surface area (Å²) in [4.78, 5) is 27.1. The number of amidine groups is 1. The minimum Gasteiger partial charge on any atom is -0.300 e. The number of hydrogen-bond donors (Lipinski definition) is 1.